The van der Waals surface area contributed by atoms with E-state index in [0.717, 1.165) is 19.3 Å². The van der Waals surface area contributed by atoms with Crippen LogP contribution in [0.4, 0.5) is 5.69 Å². The van der Waals surface area contributed by atoms with E-state index in [1.54, 1.807) is 0 Å². The molecule has 0 bridgehead atoms. The van der Waals surface area contributed by atoms with Gasteiger partial charge in [-0.15, -0.1) is 0 Å². The molecule has 1 aliphatic carbocycles. The third-order valence-corrected chi connectivity index (χ3v) is 3.38. The Kier molecular flexibility index (Phi) is 4.04. The molecule has 0 heterocycles. The molecule has 1 fully saturated rings. The minimum atomic E-state index is -0.533. The first-order valence-electron chi connectivity index (χ1n) is 5.86. The van der Waals surface area contributed by atoms with E-state index in [2.05, 4.69) is 0 Å². The Morgan fingerprint density at radius 3 is 2.78 bits per heavy atom. The minimum absolute atomic E-state index is 0.0697. The first-order chi connectivity index (χ1) is 8.58. The van der Waals surface area contributed by atoms with Crippen molar-refractivity contribution in [3.8, 4) is 5.75 Å². The van der Waals surface area contributed by atoms with Gasteiger partial charge in [-0.1, -0.05) is 18.0 Å². The van der Waals surface area contributed by atoms with Crippen LogP contribution < -0.4 is 4.74 Å². The molecule has 1 aromatic carbocycles. The molecule has 0 saturated heterocycles. The maximum absolute atomic E-state index is 10.7. The van der Waals surface area contributed by atoms with Crippen LogP contribution in [-0.2, 0) is 0 Å². The van der Waals surface area contributed by atoms with E-state index in [0.29, 0.717) is 11.4 Å². The van der Waals surface area contributed by atoms with Gasteiger partial charge in [0.05, 0.1) is 22.1 Å². The van der Waals surface area contributed by atoms with Crippen molar-refractivity contribution in [2.24, 2.45) is 0 Å². The molecule has 1 saturated carbocycles. The van der Waals surface area contributed by atoms with E-state index in [9.17, 15) is 15.2 Å². The van der Waals surface area contributed by atoms with Crippen LogP contribution in [0.2, 0.25) is 5.02 Å². The van der Waals surface area contributed by atoms with Crippen molar-refractivity contribution in [2.45, 2.75) is 37.9 Å². The fourth-order valence-corrected chi connectivity index (χ4v) is 2.24. The van der Waals surface area contributed by atoms with Gasteiger partial charge in [0, 0.05) is 6.07 Å². The molecule has 98 valence electrons. The summed E-state index contributed by atoms with van der Waals surface area (Å²) >= 11 is 5.94. The molecular formula is C12H14ClNO4. The first-order valence-corrected chi connectivity index (χ1v) is 6.24. The summed E-state index contributed by atoms with van der Waals surface area (Å²) in [6.45, 7) is 0. The summed E-state index contributed by atoms with van der Waals surface area (Å²) < 4.78 is 5.60. The average molecular weight is 272 g/mol. The van der Waals surface area contributed by atoms with Crippen molar-refractivity contribution >= 4 is 17.3 Å². The predicted octanol–water partition coefficient (Wildman–Crippen LogP) is 2.93. The van der Waals surface area contributed by atoms with Gasteiger partial charge in [0.25, 0.3) is 5.69 Å². The van der Waals surface area contributed by atoms with E-state index in [-0.39, 0.29) is 17.5 Å². The molecule has 1 N–H and O–H groups in total. The molecule has 2 rings (SSSR count). The van der Waals surface area contributed by atoms with Crippen molar-refractivity contribution in [1.29, 1.82) is 0 Å². The monoisotopic (exact) mass is 271 g/mol. The Hall–Kier alpha value is -1.33. The highest BCUT2D eigenvalue weighted by Crippen LogP contribution is 2.32. The summed E-state index contributed by atoms with van der Waals surface area (Å²) in [6.07, 6.45) is 2.52. The van der Waals surface area contributed by atoms with Crippen molar-refractivity contribution in [3.05, 3.63) is 33.3 Å². The molecule has 18 heavy (non-hydrogen) atoms. The Bertz CT molecular complexity index is 452. The number of non-ortho nitro benzene ring substituents is 1. The van der Waals surface area contributed by atoms with Gasteiger partial charge in [0.15, 0.2) is 0 Å². The fourth-order valence-electron chi connectivity index (χ4n) is 2.07. The Labute approximate surface area is 109 Å². The van der Waals surface area contributed by atoms with Crippen molar-refractivity contribution in [2.75, 3.05) is 0 Å². The number of aliphatic hydroxyl groups excluding tert-OH is 1. The maximum Gasteiger partial charge on any atom is 0.273 e. The highest BCUT2D eigenvalue weighted by molar-refractivity contribution is 6.32. The molecule has 0 radical (unpaired) electrons. The number of rotatable bonds is 3. The highest BCUT2D eigenvalue weighted by atomic mass is 35.5. The molecule has 1 aliphatic rings. The smallest absolute Gasteiger partial charge is 0.273 e. The number of aliphatic hydroxyl groups is 1. The second kappa shape index (κ2) is 5.54. The Morgan fingerprint density at radius 1 is 1.39 bits per heavy atom. The highest BCUT2D eigenvalue weighted by Gasteiger charge is 2.25. The van der Waals surface area contributed by atoms with Crippen LogP contribution in [-0.4, -0.2) is 22.2 Å². The summed E-state index contributed by atoms with van der Waals surface area (Å²) in [5, 5.41) is 20.8. The number of hydrogen-bond donors (Lipinski definition) is 1. The van der Waals surface area contributed by atoms with E-state index >= 15 is 0 Å². The van der Waals surface area contributed by atoms with E-state index in [1.165, 1.54) is 18.2 Å². The number of nitrogens with zero attached hydrogens (tertiary/aromatic N) is 1. The molecule has 2 atom stereocenters. The van der Waals surface area contributed by atoms with Crippen LogP contribution in [0.3, 0.4) is 0 Å². The fraction of sp³-hybridized carbons (Fsp3) is 0.500. The molecule has 6 heteroatoms. The van der Waals surface area contributed by atoms with Gasteiger partial charge in [-0.05, 0) is 25.3 Å². The zero-order valence-corrected chi connectivity index (χ0v) is 10.5. The van der Waals surface area contributed by atoms with E-state index < -0.39 is 11.0 Å². The molecule has 5 nitrogen and oxygen atoms in total. The Morgan fingerprint density at radius 2 is 2.11 bits per heavy atom. The predicted molar refractivity (Wildman–Crippen MR) is 67.0 cm³/mol. The topological polar surface area (TPSA) is 72.6 Å². The summed E-state index contributed by atoms with van der Waals surface area (Å²) in [7, 11) is 0. The number of ether oxygens (including phenoxy) is 1. The summed E-state index contributed by atoms with van der Waals surface area (Å²) in [5.74, 6) is 0.261. The molecule has 1 aromatic rings. The van der Waals surface area contributed by atoms with Gasteiger partial charge >= 0.3 is 0 Å². The zero-order chi connectivity index (χ0) is 13.1. The average Bonchev–Trinajstić information content (AvgIpc) is 2.34. The van der Waals surface area contributed by atoms with Gasteiger partial charge in [0.1, 0.15) is 11.9 Å². The SMILES string of the molecule is O=[N+]([O-])c1ccc(Cl)c(OC2CCCCC2O)c1. The molecule has 0 amide bonds. The van der Waals surface area contributed by atoms with E-state index in [1.807, 2.05) is 0 Å². The summed E-state index contributed by atoms with van der Waals surface area (Å²) in [6, 6.07) is 4.06. The molecule has 0 aromatic heterocycles. The second-order valence-corrected chi connectivity index (χ2v) is 4.79. The number of nitro groups is 1. The zero-order valence-electron chi connectivity index (χ0n) is 9.71. The normalized spacial score (nSPS) is 23.7. The molecule has 0 spiro atoms. The lowest BCUT2D eigenvalue weighted by Gasteiger charge is -2.28. The third kappa shape index (κ3) is 2.91. The number of nitro benzene ring substituents is 1. The number of hydrogen-bond acceptors (Lipinski definition) is 4. The van der Waals surface area contributed by atoms with Gasteiger partial charge in [-0.2, -0.15) is 0 Å². The van der Waals surface area contributed by atoms with Gasteiger partial charge in [-0.25, -0.2) is 0 Å². The van der Waals surface area contributed by atoms with Crippen molar-refractivity contribution < 1.29 is 14.8 Å². The van der Waals surface area contributed by atoms with Crippen LogP contribution in [0, 0.1) is 10.1 Å². The lowest BCUT2D eigenvalue weighted by atomic mass is 9.95. The standard InChI is InChI=1S/C12H14ClNO4/c13-9-6-5-8(14(16)17)7-12(9)18-11-4-2-1-3-10(11)15/h5-7,10-11,15H,1-4H2. The first kappa shape index (κ1) is 13.1. The molecule has 2 unspecified atom stereocenters. The lowest BCUT2D eigenvalue weighted by molar-refractivity contribution is -0.385. The largest absolute Gasteiger partial charge is 0.486 e. The minimum Gasteiger partial charge on any atom is -0.486 e. The summed E-state index contributed by atoms with van der Waals surface area (Å²) in [5.41, 5.74) is -0.0697. The van der Waals surface area contributed by atoms with Crippen LogP contribution in [0.1, 0.15) is 25.7 Å². The van der Waals surface area contributed by atoms with Crippen molar-refractivity contribution in [3.63, 3.8) is 0 Å². The van der Waals surface area contributed by atoms with Gasteiger partial charge < -0.3 is 9.84 Å². The van der Waals surface area contributed by atoms with Crippen LogP contribution in [0.15, 0.2) is 18.2 Å². The van der Waals surface area contributed by atoms with Crippen LogP contribution in [0.5, 0.6) is 5.75 Å². The third-order valence-electron chi connectivity index (χ3n) is 3.07. The molecular weight excluding hydrogens is 258 g/mol. The summed E-state index contributed by atoms with van der Waals surface area (Å²) in [4.78, 5) is 10.2. The molecule has 0 aliphatic heterocycles. The number of halogens is 1. The maximum atomic E-state index is 10.7. The van der Waals surface area contributed by atoms with Crippen LogP contribution in [0.25, 0.3) is 0 Å². The van der Waals surface area contributed by atoms with Gasteiger partial charge in [-0.3, -0.25) is 10.1 Å². The van der Waals surface area contributed by atoms with E-state index in [4.69, 9.17) is 16.3 Å². The Balaban J connectivity index is 2.17. The number of benzene rings is 1. The second-order valence-electron chi connectivity index (χ2n) is 4.38. The van der Waals surface area contributed by atoms with Gasteiger partial charge in [0.2, 0.25) is 0 Å². The van der Waals surface area contributed by atoms with Crippen LogP contribution >= 0.6 is 11.6 Å². The lowest BCUT2D eigenvalue weighted by Crippen LogP contribution is -2.34. The van der Waals surface area contributed by atoms with Crippen molar-refractivity contribution in [1.82, 2.24) is 0 Å². The quantitative estimate of drug-likeness (QED) is 0.678.